The van der Waals surface area contributed by atoms with E-state index in [0.29, 0.717) is 29.8 Å². The van der Waals surface area contributed by atoms with Crippen molar-refractivity contribution in [1.82, 2.24) is 14.7 Å². The predicted molar refractivity (Wildman–Crippen MR) is 95.3 cm³/mol. The Morgan fingerprint density at radius 3 is 2.50 bits per heavy atom. The second-order valence-corrected chi connectivity index (χ2v) is 5.81. The first kappa shape index (κ1) is 17.4. The zero-order valence-corrected chi connectivity index (χ0v) is 14.4. The molecule has 0 spiro atoms. The Balaban J connectivity index is 1.58. The van der Waals surface area contributed by atoms with Crippen molar-refractivity contribution >= 4 is 23.4 Å². The predicted octanol–water partition coefficient (Wildman–Crippen LogP) is 1.92. The normalized spacial score (nSPS) is 12.6. The van der Waals surface area contributed by atoms with Crippen LogP contribution in [0, 0.1) is 11.8 Å². The maximum absolute atomic E-state index is 12.3. The molecule has 26 heavy (non-hydrogen) atoms. The Morgan fingerprint density at radius 1 is 1.15 bits per heavy atom. The van der Waals surface area contributed by atoms with Crippen LogP contribution in [-0.4, -0.2) is 38.9 Å². The number of nitrogens with one attached hydrogen (secondary N) is 1. The molecular weight excluding hydrogens is 332 g/mol. The van der Waals surface area contributed by atoms with Gasteiger partial charge >= 0.3 is 0 Å². The number of unbranched alkanes of at least 4 members (excludes halogenated alkanes) is 1. The van der Waals surface area contributed by atoms with E-state index in [0.717, 1.165) is 6.42 Å². The summed E-state index contributed by atoms with van der Waals surface area (Å²) in [5, 5.41) is 6.77. The van der Waals surface area contributed by atoms with E-state index in [1.54, 1.807) is 35.1 Å². The van der Waals surface area contributed by atoms with Crippen LogP contribution in [0.4, 0.5) is 5.69 Å². The Labute approximate surface area is 151 Å². The van der Waals surface area contributed by atoms with Gasteiger partial charge in [0.2, 0.25) is 0 Å². The first-order valence-electron chi connectivity index (χ1n) is 8.37. The summed E-state index contributed by atoms with van der Waals surface area (Å²) in [6.07, 6.45) is 4.71. The Bertz CT molecular complexity index is 885. The number of rotatable bonds is 5. The molecule has 0 fully saturated rings. The number of amides is 3. The topological polar surface area (TPSA) is 84.3 Å². The summed E-state index contributed by atoms with van der Waals surface area (Å²) in [6, 6.07) is 6.77. The van der Waals surface area contributed by atoms with Crippen LogP contribution in [0.5, 0.6) is 0 Å². The molecule has 0 saturated heterocycles. The van der Waals surface area contributed by atoms with Gasteiger partial charge in [0.25, 0.3) is 17.7 Å². The minimum absolute atomic E-state index is 0.206. The minimum atomic E-state index is -0.390. The molecule has 1 aromatic carbocycles. The van der Waals surface area contributed by atoms with Gasteiger partial charge in [-0.1, -0.05) is 25.0 Å². The van der Waals surface area contributed by atoms with Crippen molar-refractivity contribution in [2.24, 2.45) is 0 Å². The maximum atomic E-state index is 12.3. The zero-order chi connectivity index (χ0) is 18.5. The molecule has 2 aromatic rings. The van der Waals surface area contributed by atoms with Gasteiger partial charge < -0.3 is 5.32 Å². The number of fused-ring (bicyclic) bond motifs is 1. The molecule has 0 aliphatic carbocycles. The third-order valence-corrected chi connectivity index (χ3v) is 3.90. The fraction of sp³-hybridized carbons (Fsp3) is 0.263. The highest BCUT2D eigenvalue weighted by Gasteiger charge is 2.34. The molecule has 1 aliphatic rings. The summed E-state index contributed by atoms with van der Waals surface area (Å²) >= 11 is 0. The number of hydrogen-bond acceptors (Lipinski definition) is 4. The lowest BCUT2D eigenvalue weighted by Gasteiger charge is -2.13. The lowest BCUT2D eigenvalue weighted by Crippen LogP contribution is -2.33. The summed E-state index contributed by atoms with van der Waals surface area (Å²) in [5.41, 5.74) is 1.37. The van der Waals surface area contributed by atoms with E-state index < -0.39 is 5.91 Å². The Morgan fingerprint density at radius 2 is 1.85 bits per heavy atom. The average Bonchev–Trinajstić information content (AvgIpc) is 3.17. The van der Waals surface area contributed by atoms with E-state index in [-0.39, 0.29) is 18.4 Å². The lowest BCUT2D eigenvalue weighted by atomic mass is 10.1. The van der Waals surface area contributed by atoms with Crippen LogP contribution in [0.3, 0.4) is 0 Å². The van der Waals surface area contributed by atoms with Crippen molar-refractivity contribution < 1.29 is 14.4 Å². The summed E-state index contributed by atoms with van der Waals surface area (Å²) in [6.45, 7) is 2.53. The number of imide groups is 1. The van der Waals surface area contributed by atoms with Gasteiger partial charge in [-0.25, -0.2) is 0 Å². The van der Waals surface area contributed by atoms with Gasteiger partial charge in [0.1, 0.15) is 0 Å². The molecule has 1 aromatic heterocycles. The van der Waals surface area contributed by atoms with Crippen LogP contribution in [-0.2, 0) is 11.3 Å². The average molecular weight is 350 g/mol. The van der Waals surface area contributed by atoms with Gasteiger partial charge in [0.15, 0.2) is 0 Å². The fourth-order valence-corrected chi connectivity index (χ4v) is 2.63. The largest absolute Gasteiger partial charge is 0.312 e. The monoisotopic (exact) mass is 350 g/mol. The molecule has 0 radical (unpaired) electrons. The number of carbonyl (C=O) groups excluding carboxylic acids is 3. The minimum Gasteiger partial charge on any atom is -0.312 e. The molecule has 0 atom stereocenters. The molecule has 132 valence electrons. The van der Waals surface area contributed by atoms with Crippen molar-refractivity contribution in [2.45, 2.75) is 26.3 Å². The first-order valence-corrected chi connectivity index (χ1v) is 8.37. The molecule has 1 N–H and O–H groups in total. The number of benzene rings is 1. The Hall–Kier alpha value is -3.40. The standard InChI is InChI=1S/C19H18N4O3/c1-2-3-4-9-17(24)21-14-12-20-22(13-14)10-11-23-18(25)15-7-5-6-8-16(15)19(23)26/h5-8,12-13H,2-3,10-11H2,1H3,(H,21,24). The second kappa shape index (κ2) is 7.66. The summed E-state index contributed by atoms with van der Waals surface area (Å²) in [7, 11) is 0. The van der Waals surface area contributed by atoms with Crippen LogP contribution in [0.25, 0.3) is 0 Å². The van der Waals surface area contributed by atoms with Gasteiger partial charge in [-0.3, -0.25) is 24.0 Å². The van der Waals surface area contributed by atoms with Gasteiger partial charge in [0.05, 0.1) is 29.6 Å². The van der Waals surface area contributed by atoms with E-state index in [9.17, 15) is 14.4 Å². The third kappa shape index (κ3) is 3.64. The quantitative estimate of drug-likeness (QED) is 0.659. The molecule has 1 aliphatic heterocycles. The van der Waals surface area contributed by atoms with Crippen LogP contribution < -0.4 is 5.32 Å². The van der Waals surface area contributed by atoms with E-state index in [2.05, 4.69) is 22.3 Å². The van der Waals surface area contributed by atoms with Gasteiger partial charge in [0, 0.05) is 19.2 Å². The van der Waals surface area contributed by atoms with Crippen molar-refractivity contribution in [3.63, 3.8) is 0 Å². The van der Waals surface area contributed by atoms with E-state index in [1.807, 2.05) is 6.92 Å². The van der Waals surface area contributed by atoms with Crippen molar-refractivity contribution in [2.75, 3.05) is 11.9 Å². The highest BCUT2D eigenvalue weighted by molar-refractivity contribution is 6.21. The van der Waals surface area contributed by atoms with E-state index in [4.69, 9.17) is 0 Å². The van der Waals surface area contributed by atoms with Gasteiger partial charge in [-0.15, -0.1) is 0 Å². The van der Waals surface area contributed by atoms with Gasteiger partial charge in [-0.05, 0) is 24.5 Å². The third-order valence-electron chi connectivity index (χ3n) is 3.90. The van der Waals surface area contributed by atoms with Crippen molar-refractivity contribution in [3.8, 4) is 11.8 Å². The molecule has 0 unspecified atom stereocenters. The molecule has 0 bridgehead atoms. The van der Waals surface area contributed by atoms with Crippen molar-refractivity contribution in [1.29, 1.82) is 0 Å². The molecule has 3 rings (SSSR count). The molecule has 0 saturated carbocycles. The summed E-state index contributed by atoms with van der Waals surface area (Å²) < 4.78 is 1.57. The van der Waals surface area contributed by atoms with Crippen LogP contribution in [0.2, 0.25) is 0 Å². The number of nitrogens with zero attached hydrogens (tertiary/aromatic N) is 3. The number of anilines is 1. The summed E-state index contributed by atoms with van der Waals surface area (Å²) in [5.74, 6) is 4.30. The molecule has 3 amide bonds. The smallest absolute Gasteiger partial charge is 0.300 e. The van der Waals surface area contributed by atoms with E-state index in [1.165, 1.54) is 11.1 Å². The van der Waals surface area contributed by atoms with Gasteiger partial charge in [-0.2, -0.15) is 5.10 Å². The lowest BCUT2D eigenvalue weighted by molar-refractivity contribution is -0.111. The molecule has 2 heterocycles. The number of aromatic nitrogens is 2. The molecular formula is C19H18N4O3. The Kier molecular flexibility index (Phi) is 5.13. The van der Waals surface area contributed by atoms with Crippen LogP contribution in [0.1, 0.15) is 40.5 Å². The van der Waals surface area contributed by atoms with E-state index >= 15 is 0 Å². The summed E-state index contributed by atoms with van der Waals surface area (Å²) in [4.78, 5) is 37.5. The highest BCUT2D eigenvalue weighted by Crippen LogP contribution is 2.22. The SMILES string of the molecule is CCCC#CC(=O)Nc1cnn(CCN2C(=O)c3ccccc3C2=O)c1. The second-order valence-electron chi connectivity index (χ2n) is 5.81. The number of hydrogen-bond donors (Lipinski definition) is 1. The maximum Gasteiger partial charge on any atom is 0.300 e. The van der Waals surface area contributed by atoms with Crippen LogP contribution >= 0.6 is 0 Å². The number of carbonyl (C=O) groups is 3. The highest BCUT2D eigenvalue weighted by atomic mass is 16.2. The zero-order valence-electron chi connectivity index (χ0n) is 14.4. The van der Waals surface area contributed by atoms with Crippen LogP contribution in [0.15, 0.2) is 36.7 Å². The molecule has 7 heteroatoms. The fourth-order valence-electron chi connectivity index (χ4n) is 2.63. The first-order chi connectivity index (χ1) is 12.6. The van der Waals surface area contributed by atoms with Crippen molar-refractivity contribution in [3.05, 3.63) is 47.8 Å². The molecule has 7 nitrogen and oxygen atoms in total.